The maximum Gasteiger partial charge on any atom is 0.356 e. The second kappa shape index (κ2) is 8.61. The van der Waals surface area contributed by atoms with Crippen LogP contribution >= 0.6 is 23.2 Å². The van der Waals surface area contributed by atoms with Crippen LogP contribution < -0.4 is 10.9 Å². The number of aromatic carboxylic acids is 1. The minimum Gasteiger partial charge on any atom is -0.476 e. The molecule has 7 nitrogen and oxygen atoms in total. The van der Waals surface area contributed by atoms with Crippen molar-refractivity contribution in [1.29, 1.82) is 0 Å². The number of carboxylic acids is 1. The summed E-state index contributed by atoms with van der Waals surface area (Å²) in [7, 11) is 1.66. The first-order valence-corrected chi connectivity index (χ1v) is 10.4. The number of halogens is 2. The van der Waals surface area contributed by atoms with Gasteiger partial charge in [0.2, 0.25) is 0 Å². The molecule has 1 atom stereocenters. The average molecular weight is 469 g/mol. The monoisotopic (exact) mass is 468 g/mol. The Labute approximate surface area is 193 Å². The molecule has 32 heavy (non-hydrogen) atoms. The van der Waals surface area contributed by atoms with E-state index in [0.29, 0.717) is 27.3 Å². The van der Waals surface area contributed by atoms with E-state index in [1.165, 1.54) is 10.6 Å². The van der Waals surface area contributed by atoms with Crippen LogP contribution in [0.4, 0.5) is 5.69 Å². The summed E-state index contributed by atoms with van der Waals surface area (Å²) >= 11 is 12.2. The van der Waals surface area contributed by atoms with Crippen LogP contribution in [0.3, 0.4) is 0 Å². The van der Waals surface area contributed by atoms with Gasteiger partial charge >= 0.3 is 5.97 Å². The fourth-order valence-corrected chi connectivity index (χ4v) is 3.94. The second-order valence-corrected chi connectivity index (χ2v) is 8.08. The number of rotatable bonds is 5. The lowest BCUT2D eigenvalue weighted by Crippen LogP contribution is -2.21. The van der Waals surface area contributed by atoms with Gasteiger partial charge in [-0.25, -0.2) is 14.8 Å². The summed E-state index contributed by atoms with van der Waals surface area (Å²) in [4.78, 5) is 33.4. The Morgan fingerprint density at radius 1 is 1.09 bits per heavy atom. The van der Waals surface area contributed by atoms with E-state index in [-0.39, 0.29) is 22.1 Å². The van der Waals surface area contributed by atoms with Gasteiger partial charge in [-0.2, -0.15) is 0 Å². The van der Waals surface area contributed by atoms with Crippen LogP contribution in [0.1, 0.15) is 29.0 Å². The summed E-state index contributed by atoms with van der Waals surface area (Å²) in [5, 5.41) is 13.4. The normalized spacial score (nSPS) is 12.0. The van der Waals surface area contributed by atoms with Crippen molar-refractivity contribution < 1.29 is 9.90 Å². The Kier molecular flexibility index (Phi) is 5.86. The first kappa shape index (κ1) is 21.8. The highest BCUT2D eigenvalue weighted by atomic mass is 35.5. The first-order chi connectivity index (χ1) is 15.3. The number of hydrogen-bond acceptors (Lipinski definition) is 5. The minimum absolute atomic E-state index is 0.0754. The third-order valence-electron chi connectivity index (χ3n) is 5.11. The lowest BCUT2D eigenvalue weighted by atomic mass is 10.0. The zero-order valence-corrected chi connectivity index (χ0v) is 18.6. The molecular weight excluding hydrogens is 451 g/mol. The third-order valence-corrected chi connectivity index (χ3v) is 5.54. The number of nitrogens with zero attached hydrogens (tertiary/aromatic N) is 3. The summed E-state index contributed by atoms with van der Waals surface area (Å²) < 4.78 is 1.49. The van der Waals surface area contributed by atoms with Gasteiger partial charge in [-0.05, 0) is 31.2 Å². The molecule has 2 N–H and O–H groups in total. The van der Waals surface area contributed by atoms with Gasteiger partial charge in [0.05, 0.1) is 22.6 Å². The van der Waals surface area contributed by atoms with Crippen molar-refractivity contribution in [1.82, 2.24) is 14.5 Å². The van der Waals surface area contributed by atoms with Crippen molar-refractivity contribution in [2.24, 2.45) is 7.05 Å². The average Bonchev–Trinajstić information content (AvgIpc) is 2.77. The van der Waals surface area contributed by atoms with Crippen LogP contribution in [0.5, 0.6) is 0 Å². The lowest BCUT2D eigenvalue weighted by molar-refractivity contribution is 0.0691. The van der Waals surface area contributed by atoms with E-state index >= 15 is 0 Å². The second-order valence-electron chi connectivity index (χ2n) is 7.26. The summed E-state index contributed by atoms with van der Waals surface area (Å²) in [5.41, 5.74) is 1.78. The summed E-state index contributed by atoms with van der Waals surface area (Å²) in [6, 6.07) is 15.3. The van der Waals surface area contributed by atoms with Gasteiger partial charge in [0.1, 0.15) is 11.0 Å². The van der Waals surface area contributed by atoms with E-state index in [2.05, 4.69) is 10.3 Å². The standard InChI is InChI=1S/C23H18Cl2N4O3/c1-12(26-17-8-9-18(25)27-20(17)23(31)32)15-10-14(24)11-16-19(15)28-21(29(2)22(16)30)13-6-4-3-5-7-13/h3-12,26H,1-2H3,(H,31,32)/t12-/m1/s1. The van der Waals surface area contributed by atoms with Gasteiger partial charge in [0, 0.05) is 23.2 Å². The maximum absolute atomic E-state index is 13.1. The Bertz CT molecular complexity index is 1400. The summed E-state index contributed by atoms with van der Waals surface area (Å²) in [6.07, 6.45) is 0. The van der Waals surface area contributed by atoms with E-state index < -0.39 is 12.0 Å². The fraction of sp³-hybridized carbons (Fsp3) is 0.130. The Hall–Kier alpha value is -3.42. The highest BCUT2D eigenvalue weighted by Crippen LogP contribution is 2.30. The number of pyridine rings is 1. The van der Waals surface area contributed by atoms with E-state index in [9.17, 15) is 14.7 Å². The molecule has 162 valence electrons. The molecule has 0 amide bonds. The van der Waals surface area contributed by atoms with Crippen LogP contribution in [0.15, 0.2) is 59.4 Å². The quantitative estimate of drug-likeness (QED) is 0.392. The largest absolute Gasteiger partial charge is 0.476 e. The van der Waals surface area contributed by atoms with Crippen molar-refractivity contribution in [2.45, 2.75) is 13.0 Å². The van der Waals surface area contributed by atoms with Gasteiger partial charge in [0.25, 0.3) is 5.56 Å². The molecule has 0 bridgehead atoms. The van der Waals surface area contributed by atoms with Crippen LogP contribution in [0.2, 0.25) is 10.2 Å². The molecule has 4 rings (SSSR count). The molecule has 0 aliphatic heterocycles. The number of benzene rings is 2. The van der Waals surface area contributed by atoms with E-state index in [1.807, 2.05) is 37.3 Å². The van der Waals surface area contributed by atoms with Crippen LogP contribution in [0, 0.1) is 0 Å². The van der Waals surface area contributed by atoms with Crippen LogP contribution in [-0.4, -0.2) is 25.6 Å². The molecule has 9 heteroatoms. The summed E-state index contributed by atoms with van der Waals surface area (Å²) in [5.74, 6) is -0.699. The third kappa shape index (κ3) is 4.04. The number of nitrogens with one attached hydrogen (secondary N) is 1. The van der Waals surface area contributed by atoms with Crippen molar-refractivity contribution in [3.05, 3.63) is 86.4 Å². The van der Waals surface area contributed by atoms with E-state index in [0.717, 1.165) is 5.56 Å². The number of aromatic nitrogens is 3. The molecule has 0 saturated carbocycles. The molecule has 2 aromatic heterocycles. The van der Waals surface area contributed by atoms with Gasteiger partial charge in [-0.3, -0.25) is 9.36 Å². The Morgan fingerprint density at radius 3 is 2.50 bits per heavy atom. The molecule has 0 fully saturated rings. The van der Waals surface area contributed by atoms with Crippen molar-refractivity contribution >= 4 is 45.8 Å². The van der Waals surface area contributed by atoms with Crippen molar-refractivity contribution in [3.8, 4) is 11.4 Å². The molecule has 0 radical (unpaired) electrons. The first-order valence-electron chi connectivity index (χ1n) is 9.68. The SMILES string of the molecule is C[C@@H](Nc1ccc(Cl)nc1C(=O)O)c1cc(Cl)cc2c(=O)n(C)c(-c3ccccc3)nc12. The number of anilines is 1. The van der Waals surface area contributed by atoms with Gasteiger partial charge < -0.3 is 10.4 Å². The smallest absolute Gasteiger partial charge is 0.356 e. The Morgan fingerprint density at radius 2 is 1.81 bits per heavy atom. The summed E-state index contributed by atoms with van der Waals surface area (Å²) in [6.45, 7) is 1.83. The van der Waals surface area contributed by atoms with Crippen LogP contribution in [0.25, 0.3) is 22.3 Å². The number of hydrogen-bond donors (Lipinski definition) is 2. The highest BCUT2D eigenvalue weighted by molar-refractivity contribution is 6.31. The predicted molar refractivity (Wildman–Crippen MR) is 126 cm³/mol. The predicted octanol–water partition coefficient (Wildman–Crippen LogP) is 5.17. The molecule has 4 aromatic rings. The number of carboxylic acid groups (broad SMARTS) is 1. The maximum atomic E-state index is 13.1. The number of carbonyl (C=O) groups is 1. The van der Waals surface area contributed by atoms with E-state index in [4.69, 9.17) is 28.2 Å². The molecule has 0 saturated heterocycles. The zero-order valence-electron chi connectivity index (χ0n) is 17.1. The van der Waals surface area contributed by atoms with Crippen molar-refractivity contribution in [2.75, 3.05) is 5.32 Å². The van der Waals surface area contributed by atoms with Crippen LogP contribution in [-0.2, 0) is 7.05 Å². The topological polar surface area (TPSA) is 97.1 Å². The molecule has 0 aliphatic carbocycles. The van der Waals surface area contributed by atoms with E-state index in [1.54, 1.807) is 25.2 Å². The van der Waals surface area contributed by atoms with Gasteiger partial charge in [-0.1, -0.05) is 53.5 Å². The molecule has 0 unspecified atom stereocenters. The molecular formula is C23H18Cl2N4O3. The molecule has 0 aliphatic rings. The molecule has 2 heterocycles. The molecule has 2 aromatic carbocycles. The fourth-order valence-electron chi connectivity index (χ4n) is 3.57. The zero-order chi connectivity index (χ0) is 23.0. The minimum atomic E-state index is -1.21. The Balaban J connectivity index is 1.88. The lowest BCUT2D eigenvalue weighted by Gasteiger charge is -2.20. The number of fused-ring (bicyclic) bond motifs is 1. The highest BCUT2D eigenvalue weighted by Gasteiger charge is 2.20. The van der Waals surface area contributed by atoms with Gasteiger partial charge in [0.15, 0.2) is 5.69 Å². The van der Waals surface area contributed by atoms with Crippen molar-refractivity contribution in [3.63, 3.8) is 0 Å². The van der Waals surface area contributed by atoms with Gasteiger partial charge in [-0.15, -0.1) is 0 Å². The molecule has 0 spiro atoms.